The standard InChI is InChI=1S/C19H21N5OS2/c1-13(18(25)21-10-8-16-5-3-11-26-16)27-19-23-22-17(24(19)15-6-7-15)14-4-2-9-20-12-14/h2-5,9,11-13,15H,6-8,10H2,1H3,(H,21,25). The van der Waals surface area contributed by atoms with Gasteiger partial charge in [0.1, 0.15) is 0 Å². The van der Waals surface area contributed by atoms with Crippen LogP contribution >= 0.6 is 23.1 Å². The van der Waals surface area contributed by atoms with E-state index in [2.05, 4.69) is 36.5 Å². The van der Waals surface area contributed by atoms with Crippen molar-refractivity contribution in [1.82, 2.24) is 25.1 Å². The molecule has 1 unspecified atom stereocenters. The van der Waals surface area contributed by atoms with Crippen molar-refractivity contribution in [1.29, 1.82) is 0 Å². The average molecular weight is 400 g/mol. The van der Waals surface area contributed by atoms with Crippen LogP contribution in [-0.2, 0) is 11.2 Å². The van der Waals surface area contributed by atoms with E-state index in [9.17, 15) is 4.79 Å². The van der Waals surface area contributed by atoms with Gasteiger partial charge < -0.3 is 5.32 Å². The molecular weight excluding hydrogens is 378 g/mol. The Kier molecular flexibility index (Phi) is 5.54. The van der Waals surface area contributed by atoms with Gasteiger partial charge in [-0.1, -0.05) is 17.8 Å². The Labute approximate surface area is 166 Å². The van der Waals surface area contributed by atoms with Crippen LogP contribution in [0.5, 0.6) is 0 Å². The second-order valence-electron chi connectivity index (χ2n) is 6.53. The highest BCUT2D eigenvalue weighted by molar-refractivity contribution is 8.00. The van der Waals surface area contributed by atoms with E-state index >= 15 is 0 Å². The molecule has 1 amide bonds. The van der Waals surface area contributed by atoms with Gasteiger partial charge in [-0.2, -0.15) is 0 Å². The fourth-order valence-corrected chi connectivity index (χ4v) is 4.48. The summed E-state index contributed by atoms with van der Waals surface area (Å²) < 4.78 is 2.16. The third-order valence-corrected chi connectivity index (χ3v) is 6.39. The number of pyridine rings is 1. The summed E-state index contributed by atoms with van der Waals surface area (Å²) in [4.78, 5) is 17.9. The van der Waals surface area contributed by atoms with Crippen LogP contribution in [0.1, 0.15) is 30.7 Å². The topological polar surface area (TPSA) is 72.7 Å². The van der Waals surface area contributed by atoms with Crippen molar-refractivity contribution in [2.24, 2.45) is 0 Å². The molecule has 1 aliphatic carbocycles. The lowest BCUT2D eigenvalue weighted by Crippen LogP contribution is -2.32. The fourth-order valence-electron chi connectivity index (χ4n) is 2.83. The molecule has 0 bridgehead atoms. The first kappa shape index (κ1) is 18.2. The lowest BCUT2D eigenvalue weighted by Gasteiger charge is -2.13. The Balaban J connectivity index is 1.41. The predicted octanol–water partition coefficient (Wildman–Crippen LogP) is 3.58. The van der Waals surface area contributed by atoms with Gasteiger partial charge in [0.15, 0.2) is 11.0 Å². The van der Waals surface area contributed by atoms with Crippen LogP contribution < -0.4 is 5.32 Å². The van der Waals surface area contributed by atoms with Crippen LogP contribution in [0.4, 0.5) is 0 Å². The minimum atomic E-state index is -0.225. The third kappa shape index (κ3) is 4.39. The van der Waals surface area contributed by atoms with Crippen molar-refractivity contribution in [2.75, 3.05) is 6.54 Å². The summed E-state index contributed by atoms with van der Waals surface area (Å²) in [6.07, 6.45) is 6.67. The lowest BCUT2D eigenvalue weighted by atomic mass is 10.3. The molecule has 1 atom stereocenters. The van der Waals surface area contributed by atoms with Crippen molar-refractivity contribution < 1.29 is 4.79 Å². The summed E-state index contributed by atoms with van der Waals surface area (Å²) in [5.41, 5.74) is 0.955. The minimum absolute atomic E-state index is 0.0323. The van der Waals surface area contributed by atoms with E-state index in [-0.39, 0.29) is 11.2 Å². The highest BCUT2D eigenvalue weighted by atomic mass is 32.2. The molecule has 140 valence electrons. The maximum absolute atomic E-state index is 12.5. The van der Waals surface area contributed by atoms with Crippen LogP contribution in [0.2, 0.25) is 0 Å². The molecule has 0 spiro atoms. The number of thiophene rings is 1. The first-order valence-electron chi connectivity index (χ1n) is 9.04. The highest BCUT2D eigenvalue weighted by Gasteiger charge is 2.31. The van der Waals surface area contributed by atoms with Gasteiger partial charge in [0.2, 0.25) is 5.91 Å². The molecule has 3 aromatic rings. The van der Waals surface area contributed by atoms with E-state index in [1.54, 1.807) is 23.7 Å². The first-order valence-corrected chi connectivity index (χ1v) is 10.8. The first-order chi connectivity index (χ1) is 13.2. The molecule has 1 fully saturated rings. The molecule has 1 saturated carbocycles. The largest absolute Gasteiger partial charge is 0.355 e. The lowest BCUT2D eigenvalue weighted by molar-refractivity contribution is -0.120. The summed E-state index contributed by atoms with van der Waals surface area (Å²) >= 11 is 3.18. The number of carbonyl (C=O) groups is 1. The Morgan fingerprint density at radius 1 is 1.37 bits per heavy atom. The van der Waals surface area contributed by atoms with Crippen molar-refractivity contribution in [3.05, 3.63) is 46.9 Å². The fraction of sp³-hybridized carbons (Fsp3) is 0.368. The predicted molar refractivity (Wildman–Crippen MR) is 108 cm³/mol. The zero-order valence-corrected chi connectivity index (χ0v) is 16.7. The quantitative estimate of drug-likeness (QED) is 0.586. The van der Waals surface area contributed by atoms with Crippen molar-refractivity contribution >= 4 is 29.0 Å². The maximum atomic E-state index is 12.5. The summed E-state index contributed by atoms with van der Waals surface area (Å²) in [5, 5.41) is 14.4. The number of hydrogen-bond acceptors (Lipinski definition) is 6. The normalized spacial score (nSPS) is 14.9. The zero-order chi connectivity index (χ0) is 18.6. The molecular formula is C19H21N5OS2. The van der Waals surface area contributed by atoms with Crippen LogP contribution in [0.25, 0.3) is 11.4 Å². The number of nitrogens with one attached hydrogen (secondary N) is 1. The Morgan fingerprint density at radius 2 is 2.26 bits per heavy atom. The SMILES string of the molecule is CC(Sc1nnc(-c2cccnc2)n1C1CC1)C(=O)NCCc1cccs1. The van der Waals surface area contributed by atoms with Gasteiger partial charge in [0, 0.05) is 35.4 Å². The number of rotatable bonds is 8. The smallest absolute Gasteiger partial charge is 0.233 e. The average Bonchev–Trinajstić information content (AvgIpc) is 3.22. The van der Waals surface area contributed by atoms with Crippen LogP contribution in [0.3, 0.4) is 0 Å². The molecule has 0 aromatic carbocycles. The van der Waals surface area contributed by atoms with Crippen LogP contribution in [0, 0.1) is 0 Å². The van der Waals surface area contributed by atoms with E-state index in [1.165, 1.54) is 16.6 Å². The Hall–Kier alpha value is -2.19. The molecule has 1 N–H and O–H groups in total. The summed E-state index contributed by atoms with van der Waals surface area (Å²) in [6, 6.07) is 8.44. The van der Waals surface area contributed by atoms with Gasteiger partial charge in [-0.25, -0.2) is 0 Å². The van der Waals surface area contributed by atoms with Gasteiger partial charge >= 0.3 is 0 Å². The summed E-state index contributed by atoms with van der Waals surface area (Å²) in [7, 11) is 0. The molecule has 8 heteroatoms. The molecule has 1 aliphatic rings. The van der Waals surface area contributed by atoms with Gasteiger partial charge in [0.25, 0.3) is 0 Å². The molecule has 4 rings (SSSR count). The number of carbonyl (C=O) groups excluding carboxylic acids is 1. The minimum Gasteiger partial charge on any atom is -0.355 e. The van der Waals surface area contributed by atoms with E-state index in [0.29, 0.717) is 12.6 Å². The van der Waals surface area contributed by atoms with E-state index < -0.39 is 0 Å². The number of nitrogens with zero attached hydrogens (tertiary/aromatic N) is 4. The third-order valence-electron chi connectivity index (χ3n) is 4.40. The Morgan fingerprint density at radius 3 is 2.96 bits per heavy atom. The second kappa shape index (κ2) is 8.22. The monoisotopic (exact) mass is 399 g/mol. The zero-order valence-electron chi connectivity index (χ0n) is 15.0. The van der Waals surface area contributed by atoms with Gasteiger partial charge in [0.05, 0.1) is 5.25 Å². The second-order valence-corrected chi connectivity index (χ2v) is 8.87. The molecule has 3 heterocycles. The van der Waals surface area contributed by atoms with Crippen LogP contribution in [-0.4, -0.2) is 37.5 Å². The summed E-state index contributed by atoms with van der Waals surface area (Å²) in [6.45, 7) is 2.57. The maximum Gasteiger partial charge on any atom is 0.233 e. The number of thioether (sulfide) groups is 1. The van der Waals surface area contributed by atoms with E-state index in [0.717, 1.165) is 35.8 Å². The van der Waals surface area contributed by atoms with E-state index in [1.807, 2.05) is 25.1 Å². The Bertz CT molecular complexity index is 890. The van der Waals surface area contributed by atoms with Crippen molar-refractivity contribution in [3.8, 4) is 11.4 Å². The molecule has 3 aromatic heterocycles. The summed E-state index contributed by atoms with van der Waals surface area (Å²) in [5.74, 6) is 0.864. The molecule has 0 aliphatic heterocycles. The number of hydrogen-bond donors (Lipinski definition) is 1. The van der Waals surface area contributed by atoms with Crippen LogP contribution in [0.15, 0.2) is 47.2 Å². The van der Waals surface area contributed by atoms with Gasteiger partial charge in [-0.15, -0.1) is 21.5 Å². The van der Waals surface area contributed by atoms with Gasteiger partial charge in [-0.3, -0.25) is 14.3 Å². The molecule has 6 nitrogen and oxygen atoms in total. The number of amides is 1. The number of aromatic nitrogens is 4. The van der Waals surface area contributed by atoms with Crippen molar-refractivity contribution in [3.63, 3.8) is 0 Å². The highest BCUT2D eigenvalue weighted by Crippen LogP contribution is 2.41. The van der Waals surface area contributed by atoms with Gasteiger partial charge in [-0.05, 0) is 49.8 Å². The molecule has 0 radical (unpaired) electrons. The molecule has 0 saturated heterocycles. The molecule has 27 heavy (non-hydrogen) atoms. The van der Waals surface area contributed by atoms with Crippen molar-refractivity contribution in [2.45, 2.75) is 42.6 Å². The van der Waals surface area contributed by atoms with E-state index in [4.69, 9.17) is 0 Å².